The van der Waals surface area contributed by atoms with Crippen LogP contribution in [0, 0.1) is 5.92 Å². The number of carbonyl (C=O) groups is 1. The number of esters is 1. The maximum absolute atomic E-state index is 12.7. The number of nitrogens with zero attached hydrogens (tertiary/aromatic N) is 2. The Balaban J connectivity index is 1.73. The second kappa shape index (κ2) is 9.37. The van der Waals surface area contributed by atoms with Crippen LogP contribution in [0.2, 0.25) is 0 Å². The molecule has 0 aliphatic carbocycles. The van der Waals surface area contributed by atoms with Gasteiger partial charge in [-0.15, -0.1) is 0 Å². The van der Waals surface area contributed by atoms with Crippen LogP contribution in [0.1, 0.15) is 36.8 Å². The molecule has 3 aromatic rings. The quantitative estimate of drug-likeness (QED) is 0.429. The summed E-state index contributed by atoms with van der Waals surface area (Å²) in [7, 11) is 0. The zero-order valence-corrected chi connectivity index (χ0v) is 17.1. The first kappa shape index (κ1) is 20.6. The fourth-order valence-corrected chi connectivity index (χ4v) is 3.07. The van der Waals surface area contributed by atoms with E-state index < -0.39 is 5.97 Å². The maximum Gasteiger partial charge on any atom is 0.359 e. The zero-order valence-electron chi connectivity index (χ0n) is 17.1. The summed E-state index contributed by atoms with van der Waals surface area (Å²) in [5.41, 5.74) is 1.13. The van der Waals surface area contributed by atoms with Crippen LogP contribution < -0.4 is 10.3 Å². The molecule has 3 rings (SSSR count). The number of aryl methyl sites for hydroxylation is 1. The Hall–Kier alpha value is -3.15. The molecule has 0 bridgehead atoms. The number of hydrogen-bond donors (Lipinski definition) is 0. The summed E-state index contributed by atoms with van der Waals surface area (Å²) in [5, 5.41) is 5.25. The lowest BCUT2D eigenvalue weighted by molar-refractivity contribution is 0.0443. The van der Waals surface area contributed by atoms with Crippen molar-refractivity contribution in [3.8, 4) is 5.75 Å². The van der Waals surface area contributed by atoms with Gasteiger partial charge in [-0.1, -0.05) is 51.1 Å². The molecule has 0 atom stereocenters. The number of rotatable bonds is 8. The van der Waals surface area contributed by atoms with Crippen LogP contribution in [0.25, 0.3) is 10.8 Å². The Kier molecular flexibility index (Phi) is 6.65. The van der Waals surface area contributed by atoms with Gasteiger partial charge in [-0.05, 0) is 36.1 Å². The summed E-state index contributed by atoms with van der Waals surface area (Å²) in [5.74, 6) is 0.400. The highest BCUT2D eigenvalue weighted by atomic mass is 16.6. The van der Waals surface area contributed by atoms with Crippen molar-refractivity contribution in [3.63, 3.8) is 0 Å². The first-order valence-corrected chi connectivity index (χ1v) is 9.88. The van der Waals surface area contributed by atoms with Crippen molar-refractivity contribution >= 4 is 16.7 Å². The number of aromatic nitrogens is 2. The monoisotopic (exact) mass is 394 g/mol. The number of hydrogen-bond acceptors (Lipinski definition) is 5. The lowest BCUT2D eigenvalue weighted by Gasteiger charge is -2.12. The average molecular weight is 394 g/mol. The van der Waals surface area contributed by atoms with Crippen LogP contribution in [-0.4, -0.2) is 29.0 Å². The maximum atomic E-state index is 12.7. The van der Waals surface area contributed by atoms with Crippen molar-refractivity contribution in [2.24, 2.45) is 5.92 Å². The Morgan fingerprint density at radius 2 is 1.83 bits per heavy atom. The fraction of sp³-hybridized carbons (Fsp3) is 0.348. The van der Waals surface area contributed by atoms with Gasteiger partial charge < -0.3 is 9.47 Å². The van der Waals surface area contributed by atoms with E-state index in [0.717, 1.165) is 12.2 Å². The Morgan fingerprint density at radius 1 is 1.07 bits per heavy atom. The summed E-state index contributed by atoms with van der Waals surface area (Å²) in [6.07, 6.45) is 0.928. The van der Waals surface area contributed by atoms with Gasteiger partial charge in [0.05, 0.1) is 5.39 Å². The van der Waals surface area contributed by atoms with Gasteiger partial charge in [-0.3, -0.25) is 4.79 Å². The third-order valence-electron chi connectivity index (χ3n) is 4.49. The molecule has 1 heterocycles. The molecule has 1 aromatic heterocycles. The number of ether oxygens (including phenoxy) is 2. The highest BCUT2D eigenvalue weighted by Gasteiger charge is 2.18. The largest absolute Gasteiger partial charge is 0.490 e. The molecule has 0 spiro atoms. The fourth-order valence-electron chi connectivity index (χ4n) is 3.07. The van der Waals surface area contributed by atoms with Crippen molar-refractivity contribution < 1.29 is 14.3 Å². The zero-order chi connectivity index (χ0) is 20.8. The number of benzene rings is 2. The van der Waals surface area contributed by atoms with Gasteiger partial charge in [0.1, 0.15) is 19.0 Å². The summed E-state index contributed by atoms with van der Waals surface area (Å²) in [6.45, 7) is 6.83. The number of fused-ring (bicyclic) bond motifs is 1. The summed E-state index contributed by atoms with van der Waals surface area (Å²) in [4.78, 5) is 25.3. The van der Waals surface area contributed by atoms with Crippen LogP contribution in [0.15, 0.2) is 53.3 Å². The highest BCUT2D eigenvalue weighted by Crippen LogP contribution is 2.16. The molecule has 6 heteroatoms. The van der Waals surface area contributed by atoms with Crippen molar-refractivity contribution in [1.29, 1.82) is 0 Å². The normalized spacial score (nSPS) is 11.0. The molecule has 0 saturated carbocycles. The highest BCUT2D eigenvalue weighted by molar-refractivity contribution is 6.02. The van der Waals surface area contributed by atoms with Gasteiger partial charge in [0.2, 0.25) is 0 Å². The SMILES string of the molecule is CCc1cccc(OCCOC(=O)c2nn(CC(C)C)c(=O)c3ccccc23)c1. The van der Waals surface area contributed by atoms with Crippen LogP contribution in [-0.2, 0) is 17.7 Å². The molecule has 2 aromatic carbocycles. The van der Waals surface area contributed by atoms with Crippen molar-refractivity contribution in [1.82, 2.24) is 9.78 Å². The van der Waals surface area contributed by atoms with Gasteiger partial charge in [0.15, 0.2) is 5.69 Å². The van der Waals surface area contributed by atoms with Crippen LogP contribution in [0.4, 0.5) is 0 Å². The lowest BCUT2D eigenvalue weighted by atomic mass is 10.1. The molecule has 0 aliphatic heterocycles. The van der Waals surface area contributed by atoms with Gasteiger partial charge in [0.25, 0.3) is 5.56 Å². The summed E-state index contributed by atoms with van der Waals surface area (Å²) < 4.78 is 12.4. The van der Waals surface area contributed by atoms with Crippen molar-refractivity contribution in [2.45, 2.75) is 33.7 Å². The van der Waals surface area contributed by atoms with Crippen LogP contribution in [0.5, 0.6) is 5.75 Å². The molecule has 29 heavy (non-hydrogen) atoms. The van der Waals surface area contributed by atoms with E-state index in [2.05, 4.69) is 12.0 Å². The molecular weight excluding hydrogens is 368 g/mol. The van der Waals surface area contributed by atoms with Crippen molar-refractivity contribution in [3.05, 3.63) is 70.1 Å². The standard InChI is InChI=1S/C23H26N2O4/c1-4-17-8-7-9-18(14-17)28-12-13-29-23(27)21-19-10-5-6-11-20(19)22(26)25(24-21)15-16(2)3/h5-11,14,16H,4,12-13,15H2,1-3H3. The third kappa shape index (κ3) is 5.02. The van der Waals surface area contributed by atoms with E-state index in [-0.39, 0.29) is 30.4 Å². The lowest BCUT2D eigenvalue weighted by Crippen LogP contribution is -2.28. The minimum atomic E-state index is -0.565. The molecule has 0 unspecified atom stereocenters. The minimum Gasteiger partial charge on any atom is -0.490 e. The first-order valence-electron chi connectivity index (χ1n) is 9.88. The predicted molar refractivity (Wildman–Crippen MR) is 112 cm³/mol. The summed E-state index contributed by atoms with van der Waals surface area (Å²) >= 11 is 0. The van der Waals surface area contributed by atoms with Gasteiger partial charge in [-0.2, -0.15) is 5.10 Å². The molecule has 0 saturated heterocycles. The molecule has 0 amide bonds. The Labute approximate surface area is 170 Å². The van der Waals surface area contributed by atoms with E-state index in [4.69, 9.17) is 9.47 Å². The topological polar surface area (TPSA) is 70.4 Å². The Morgan fingerprint density at radius 3 is 2.55 bits per heavy atom. The Bertz CT molecular complexity index is 1060. The molecule has 0 fully saturated rings. The molecule has 6 nitrogen and oxygen atoms in total. The predicted octanol–water partition coefficient (Wildman–Crippen LogP) is 3.85. The van der Waals surface area contributed by atoms with Crippen molar-refractivity contribution in [2.75, 3.05) is 13.2 Å². The molecule has 152 valence electrons. The van der Waals surface area contributed by atoms with E-state index in [9.17, 15) is 9.59 Å². The van der Waals surface area contributed by atoms with E-state index in [1.165, 1.54) is 10.2 Å². The van der Waals surface area contributed by atoms with Crippen LogP contribution in [0.3, 0.4) is 0 Å². The molecule has 0 N–H and O–H groups in total. The van der Waals surface area contributed by atoms with Gasteiger partial charge in [-0.25, -0.2) is 9.48 Å². The first-order chi connectivity index (χ1) is 14.0. The third-order valence-corrected chi connectivity index (χ3v) is 4.49. The average Bonchev–Trinajstić information content (AvgIpc) is 2.73. The smallest absolute Gasteiger partial charge is 0.359 e. The second-order valence-corrected chi connectivity index (χ2v) is 7.26. The van der Waals surface area contributed by atoms with E-state index in [1.54, 1.807) is 24.3 Å². The van der Waals surface area contributed by atoms with E-state index >= 15 is 0 Å². The van der Waals surface area contributed by atoms with Crippen LogP contribution >= 0.6 is 0 Å². The second-order valence-electron chi connectivity index (χ2n) is 7.26. The molecular formula is C23H26N2O4. The van der Waals surface area contributed by atoms with E-state index in [1.807, 2.05) is 38.1 Å². The molecule has 0 radical (unpaired) electrons. The van der Waals surface area contributed by atoms with Gasteiger partial charge >= 0.3 is 5.97 Å². The number of carbonyl (C=O) groups excluding carboxylic acids is 1. The summed E-state index contributed by atoms with van der Waals surface area (Å²) in [6, 6.07) is 14.8. The molecule has 0 aliphatic rings. The minimum absolute atomic E-state index is 0.0918. The van der Waals surface area contributed by atoms with Gasteiger partial charge in [0, 0.05) is 11.9 Å². The van der Waals surface area contributed by atoms with E-state index in [0.29, 0.717) is 17.3 Å².